The van der Waals surface area contributed by atoms with Crippen LogP contribution in [-0.2, 0) is 4.79 Å². The monoisotopic (exact) mass is 268 g/mol. The van der Waals surface area contributed by atoms with Crippen molar-refractivity contribution >= 4 is 17.2 Å². The van der Waals surface area contributed by atoms with Gasteiger partial charge in [0.15, 0.2) is 0 Å². The Morgan fingerprint density at radius 1 is 1.39 bits per heavy atom. The van der Waals surface area contributed by atoms with Crippen LogP contribution in [-0.4, -0.2) is 29.9 Å². The Labute approximate surface area is 114 Å². The van der Waals surface area contributed by atoms with Crippen LogP contribution in [0.4, 0.5) is 0 Å². The molecular formula is C14H24N2OS. The molecule has 0 saturated heterocycles. The minimum atomic E-state index is -0.138. The average Bonchev–Trinajstić information content (AvgIpc) is 2.76. The van der Waals surface area contributed by atoms with Crippen molar-refractivity contribution in [1.82, 2.24) is 10.2 Å². The van der Waals surface area contributed by atoms with Gasteiger partial charge in [0.2, 0.25) is 5.91 Å². The van der Waals surface area contributed by atoms with E-state index in [-0.39, 0.29) is 18.0 Å². The van der Waals surface area contributed by atoms with Gasteiger partial charge < -0.3 is 4.90 Å². The maximum Gasteiger partial charge on any atom is 0.239 e. The Balaban J connectivity index is 2.62. The van der Waals surface area contributed by atoms with Crippen LogP contribution in [0.1, 0.15) is 44.2 Å². The normalized spacial score (nSPS) is 14.3. The van der Waals surface area contributed by atoms with Crippen LogP contribution in [0.5, 0.6) is 0 Å². The van der Waals surface area contributed by atoms with Gasteiger partial charge in [0, 0.05) is 24.0 Å². The molecule has 18 heavy (non-hydrogen) atoms. The van der Waals surface area contributed by atoms with E-state index >= 15 is 0 Å². The number of nitrogens with one attached hydrogen (secondary N) is 1. The van der Waals surface area contributed by atoms with E-state index in [9.17, 15) is 4.79 Å². The first kappa shape index (κ1) is 15.2. The number of aryl methyl sites for hydroxylation is 1. The highest BCUT2D eigenvalue weighted by Gasteiger charge is 2.21. The summed E-state index contributed by atoms with van der Waals surface area (Å²) in [6, 6.07) is 2.20. The first-order chi connectivity index (χ1) is 8.51. The number of carbonyl (C=O) groups is 1. The third-order valence-corrected chi connectivity index (χ3v) is 4.44. The Hall–Kier alpha value is -0.870. The number of hydrogen-bond acceptors (Lipinski definition) is 3. The van der Waals surface area contributed by atoms with E-state index in [0.717, 1.165) is 13.1 Å². The predicted octanol–water partition coefficient (Wildman–Crippen LogP) is 2.96. The van der Waals surface area contributed by atoms with Crippen LogP contribution < -0.4 is 5.32 Å². The number of likely N-dealkylation sites (N-methyl/N-ethyl adjacent to an activating group) is 1. The van der Waals surface area contributed by atoms with Crippen LogP contribution in [0.15, 0.2) is 11.4 Å². The zero-order valence-corrected chi connectivity index (χ0v) is 12.8. The van der Waals surface area contributed by atoms with Gasteiger partial charge in [-0.3, -0.25) is 10.1 Å². The molecule has 0 aliphatic carbocycles. The van der Waals surface area contributed by atoms with Gasteiger partial charge in [0.1, 0.15) is 0 Å². The van der Waals surface area contributed by atoms with Crippen molar-refractivity contribution in [3.8, 4) is 0 Å². The Kier molecular flexibility index (Phi) is 5.82. The quantitative estimate of drug-likeness (QED) is 0.860. The zero-order chi connectivity index (χ0) is 13.7. The first-order valence-electron chi connectivity index (χ1n) is 6.60. The van der Waals surface area contributed by atoms with Gasteiger partial charge in [-0.1, -0.05) is 0 Å². The van der Waals surface area contributed by atoms with Gasteiger partial charge in [-0.2, -0.15) is 0 Å². The maximum absolute atomic E-state index is 12.2. The van der Waals surface area contributed by atoms with Crippen molar-refractivity contribution in [2.24, 2.45) is 0 Å². The molecule has 1 N–H and O–H groups in total. The number of carbonyl (C=O) groups excluding carboxylic acids is 1. The predicted molar refractivity (Wildman–Crippen MR) is 78.0 cm³/mol. The highest BCUT2D eigenvalue weighted by Crippen LogP contribution is 2.23. The van der Waals surface area contributed by atoms with E-state index in [4.69, 9.17) is 0 Å². The molecule has 1 amide bonds. The standard InChI is InChI=1S/C14H24N2OS/c1-6-16(7-2)14(17)12(5)15-11(4)13-10(3)8-9-18-13/h8-9,11-12,15H,6-7H2,1-5H3. The molecule has 4 heteroatoms. The summed E-state index contributed by atoms with van der Waals surface area (Å²) in [5, 5.41) is 5.49. The second-order valence-corrected chi connectivity index (χ2v) is 5.54. The number of hydrogen-bond donors (Lipinski definition) is 1. The molecule has 0 bridgehead atoms. The van der Waals surface area contributed by atoms with Crippen molar-refractivity contribution in [3.63, 3.8) is 0 Å². The van der Waals surface area contributed by atoms with Crippen molar-refractivity contribution in [1.29, 1.82) is 0 Å². The second-order valence-electron chi connectivity index (χ2n) is 4.59. The van der Waals surface area contributed by atoms with Crippen LogP contribution in [0, 0.1) is 6.92 Å². The van der Waals surface area contributed by atoms with E-state index < -0.39 is 0 Å². The van der Waals surface area contributed by atoms with E-state index in [1.165, 1.54) is 10.4 Å². The van der Waals surface area contributed by atoms with Crippen molar-refractivity contribution in [2.45, 2.75) is 46.7 Å². The van der Waals surface area contributed by atoms with Crippen LogP contribution in [0.2, 0.25) is 0 Å². The summed E-state index contributed by atoms with van der Waals surface area (Å²) in [5.41, 5.74) is 1.29. The van der Waals surface area contributed by atoms with Gasteiger partial charge in [-0.15, -0.1) is 11.3 Å². The third kappa shape index (κ3) is 3.56. The molecule has 0 fully saturated rings. The molecule has 1 aromatic rings. The number of rotatable bonds is 6. The lowest BCUT2D eigenvalue weighted by Gasteiger charge is -2.25. The minimum absolute atomic E-state index is 0.138. The van der Waals surface area contributed by atoms with Crippen LogP contribution in [0.25, 0.3) is 0 Å². The largest absolute Gasteiger partial charge is 0.342 e. The van der Waals surface area contributed by atoms with Gasteiger partial charge >= 0.3 is 0 Å². The summed E-state index contributed by atoms with van der Waals surface area (Å²) in [7, 11) is 0. The summed E-state index contributed by atoms with van der Waals surface area (Å²) in [5.74, 6) is 0.182. The lowest BCUT2D eigenvalue weighted by Crippen LogP contribution is -2.45. The maximum atomic E-state index is 12.2. The molecule has 0 aromatic carbocycles. The van der Waals surface area contributed by atoms with Crippen molar-refractivity contribution < 1.29 is 4.79 Å². The van der Waals surface area contributed by atoms with Crippen molar-refractivity contribution in [3.05, 3.63) is 21.9 Å². The lowest BCUT2D eigenvalue weighted by molar-refractivity contribution is -0.132. The highest BCUT2D eigenvalue weighted by atomic mass is 32.1. The molecule has 3 nitrogen and oxygen atoms in total. The molecule has 0 radical (unpaired) electrons. The number of amides is 1. The second kappa shape index (κ2) is 6.90. The molecule has 0 spiro atoms. The van der Waals surface area contributed by atoms with E-state index in [0.29, 0.717) is 0 Å². The molecule has 102 valence electrons. The SMILES string of the molecule is CCN(CC)C(=O)C(C)NC(C)c1sccc1C. The summed E-state index contributed by atoms with van der Waals surface area (Å²) in [4.78, 5) is 15.3. The topological polar surface area (TPSA) is 32.3 Å². The minimum Gasteiger partial charge on any atom is -0.342 e. The summed E-state index contributed by atoms with van der Waals surface area (Å²) in [6.07, 6.45) is 0. The molecule has 2 unspecified atom stereocenters. The fourth-order valence-electron chi connectivity index (χ4n) is 2.16. The van der Waals surface area contributed by atoms with Gasteiger partial charge in [-0.25, -0.2) is 0 Å². The smallest absolute Gasteiger partial charge is 0.239 e. The molecule has 0 aliphatic heterocycles. The first-order valence-corrected chi connectivity index (χ1v) is 7.48. The fourth-order valence-corrected chi connectivity index (χ4v) is 3.10. The van der Waals surface area contributed by atoms with Gasteiger partial charge in [0.25, 0.3) is 0 Å². The Morgan fingerprint density at radius 2 is 2.00 bits per heavy atom. The number of thiophene rings is 1. The molecule has 2 atom stereocenters. The summed E-state index contributed by atoms with van der Waals surface area (Å²) < 4.78 is 0. The Bertz CT molecular complexity index is 385. The zero-order valence-electron chi connectivity index (χ0n) is 12.0. The molecule has 1 rings (SSSR count). The summed E-state index contributed by atoms with van der Waals surface area (Å²) >= 11 is 1.74. The van der Waals surface area contributed by atoms with Gasteiger partial charge in [0.05, 0.1) is 6.04 Å². The number of nitrogens with zero attached hydrogens (tertiary/aromatic N) is 1. The average molecular weight is 268 g/mol. The van der Waals surface area contributed by atoms with E-state index in [2.05, 4.69) is 30.6 Å². The summed E-state index contributed by atoms with van der Waals surface area (Å²) in [6.45, 7) is 11.7. The van der Waals surface area contributed by atoms with Crippen LogP contribution >= 0.6 is 11.3 Å². The molecule has 0 aliphatic rings. The molecule has 0 saturated carbocycles. The molecule has 1 heterocycles. The van der Waals surface area contributed by atoms with Crippen LogP contribution in [0.3, 0.4) is 0 Å². The lowest BCUT2D eigenvalue weighted by atomic mass is 10.1. The van der Waals surface area contributed by atoms with Crippen molar-refractivity contribution in [2.75, 3.05) is 13.1 Å². The van der Waals surface area contributed by atoms with E-state index in [1.807, 2.05) is 25.7 Å². The molecular weight excluding hydrogens is 244 g/mol. The highest BCUT2D eigenvalue weighted by molar-refractivity contribution is 7.10. The Morgan fingerprint density at radius 3 is 2.44 bits per heavy atom. The van der Waals surface area contributed by atoms with E-state index in [1.54, 1.807) is 11.3 Å². The molecule has 1 aromatic heterocycles. The fraction of sp³-hybridized carbons (Fsp3) is 0.643. The third-order valence-electron chi connectivity index (χ3n) is 3.24. The van der Waals surface area contributed by atoms with Gasteiger partial charge in [-0.05, 0) is 51.6 Å².